The predicted molar refractivity (Wildman–Crippen MR) is 97.9 cm³/mol. The summed E-state index contributed by atoms with van der Waals surface area (Å²) in [5, 5.41) is 0. The number of nitrogen functional groups attached to an aromatic ring is 1. The molecule has 1 unspecified atom stereocenters. The van der Waals surface area contributed by atoms with Crippen LogP contribution in [0.2, 0.25) is 0 Å². The lowest BCUT2D eigenvalue weighted by Gasteiger charge is -2.15. The van der Waals surface area contributed by atoms with Crippen LogP contribution in [0.25, 0.3) is 0 Å². The number of para-hydroxylation sites is 1. The number of aryl methyl sites for hydroxylation is 1. The molecule has 2 nitrogen and oxygen atoms in total. The van der Waals surface area contributed by atoms with Crippen molar-refractivity contribution in [2.24, 2.45) is 4.99 Å². The molecular weight excluding hydrogens is 280 g/mol. The molecule has 0 radical (unpaired) electrons. The minimum absolute atomic E-state index is 0.0984. The SMILES string of the molecule is Cc1ccc(C=NC(c2ccccc2)c2ccccc2N)cc1. The molecule has 114 valence electrons. The maximum atomic E-state index is 6.17. The van der Waals surface area contributed by atoms with Gasteiger partial charge in [0.25, 0.3) is 0 Å². The smallest absolute Gasteiger partial charge is 0.102 e. The number of aliphatic imine (C=N–C) groups is 1. The van der Waals surface area contributed by atoms with Gasteiger partial charge >= 0.3 is 0 Å². The Hall–Kier alpha value is -2.87. The zero-order valence-corrected chi connectivity index (χ0v) is 13.2. The number of rotatable bonds is 4. The van der Waals surface area contributed by atoms with Gasteiger partial charge in [-0.15, -0.1) is 0 Å². The number of anilines is 1. The summed E-state index contributed by atoms with van der Waals surface area (Å²) < 4.78 is 0. The lowest BCUT2D eigenvalue weighted by Crippen LogP contribution is -2.03. The number of hydrogen-bond acceptors (Lipinski definition) is 2. The van der Waals surface area contributed by atoms with Gasteiger partial charge < -0.3 is 5.73 Å². The largest absolute Gasteiger partial charge is 0.398 e. The highest BCUT2D eigenvalue weighted by atomic mass is 14.8. The van der Waals surface area contributed by atoms with Gasteiger partial charge in [0.15, 0.2) is 0 Å². The van der Waals surface area contributed by atoms with Crippen molar-refractivity contribution in [1.29, 1.82) is 0 Å². The van der Waals surface area contributed by atoms with Crippen molar-refractivity contribution in [3.8, 4) is 0 Å². The van der Waals surface area contributed by atoms with Crippen molar-refractivity contribution in [1.82, 2.24) is 0 Å². The van der Waals surface area contributed by atoms with Crippen LogP contribution in [0.5, 0.6) is 0 Å². The van der Waals surface area contributed by atoms with Gasteiger partial charge in [-0.05, 0) is 24.1 Å². The van der Waals surface area contributed by atoms with Crippen LogP contribution in [0.1, 0.15) is 28.3 Å². The molecule has 0 saturated heterocycles. The minimum atomic E-state index is -0.0984. The first-order chi connectivity index (χ1) is 11.2. The van der Waals surface area contributed by atoms with Gasteiger partial charge in [0.05, 0.1) is 0 Å². The van der Waals surface area contributed by atoms with Gasteiger partial charge in [-0.25, -0.2) is 0 Å². The van der Waals surface area contributed by atoms with E-state index in [9.17, 15) is 0 Å². The van der Waals surface area contributed by atoms with E-state index >= 15 is 0 Å². The average Bonchev–Trinajstić information content (AvgIpc) is 2.59. The van der Waals surface area contributed by atoms with Crippen molar-refractivity contribution in [3.63, 3.8) is 0 Å². The molecule has 3 aromatic rings. The van der Waals surface area contributed by atoms with Gasteiger partial charge in [0.2, 0.25) is 0 Å². The maximum Gasteiger partial charge on any atom is 0.102 e. The maximum absolute atomic E-state index is 6.17. The lowest BCUT2D eigenvalue weighted by atomic mass is 9.98. The Bertz CT molecular complexity index is 790. The summed E-state index contributed by atoms with van der Waals surface area (Å²) in [6, 6.07) is 26.4. The minimum Gasteiger partial charge on any atom is -0.398 e. The van der Waals surface area contributed by atoms with Crippen LogP contribution in [0, 0.1) is 6.92 Å². The van der Waals surface area contributed by atoms with Gasteiger partial charge in [0.1, 0.15) is 6.04 Å². The highest BCUT2D eigenvalue weighted by molar-refractivity contribution is 5.80. The Labute approximate surface area is 137 Å². The van der Waals surface area contributed by atoms with Crippen LogP contribution in [0.15, 0.2) is 83.9 Å². The summed E-state index contributed by atoms with van der Waals surface area (Å²) in [6.45, 7) is 2.08. The molecule has 2 heteroatoms. The molecule has 0 spiro atoms. The second-order valence-electron chi connectivity index (χ2n) is 5.63. The molecule has 1 atom stereocenters. The van der Waals surface area contributed by atoms with Gasteiger partial charge in [-0.3, -0.25) is 4.99 Å². The van der Waals surface area contributed by atoms with Crippen molar-refractivity contribution >= 4 is 11.9 Å². The van der Waals surface area contributed by atoms with Crippen LogP contribution < -0.4 is 5.73 Å². The van der Waals surface area contributed by atoms with Crippen molar-refractivity contribution < 1.29 is 0 Å². The Balaban J connectivity index is 1.99. The van der Waals surface area contributed by atoms with E-state index in [1.165, 1.54) is 5.56 Å². The van der Waals surface area contributed by atoms with Crippen LogP contribution in [0.3, 0.4) is 0 Å². The van der Waals surface area contributed by atoms with E-state index in [4.69, 9.17) is 10.7 Å². The summed E-state index contributed by atoms with van der Waals surface area (Å²) in [4.78, 5) is 4.82. The number of hydrogen-bond donors (Lipinski definition) is 1. The molecule has 0 bridgehead atoms. The van der Waals surface area contributed by atoms with E-state index < -0.39 is 0 Å². The normalized spacial score (nSPS) is 12.4. The Morgan fingerprint density at radius 2 is 1.48 bits per heavy atom. The molecule has 3 rings (SSSR count). The first kappa shape index (κ1) is 15.0. The molecule has 0 heterocycles. The van der Waals surface area contributed by atoms with E-state index in [1.807, 2.05) is 48.7 Å². The molecule has 0 fully saturated rings. The third kappa shape index (κ3) is 3.67. The third-order valence-electron chi connectivity index (χ3n) is 3.86. The highest BCUT2D eigenvalue weighted by Crippen LogP contribution is 2.29. The first-order valence-electron chi connectivity index (χ1n) is 7.73. The second-order valence-corrected chi connectivity index (χ2v) is 5.63. The Morgan fingerprint density at radius 3 is 2.17 bits per heavy atom. The fourth-order valence-electron chi connectivity index (χ4n) is 2.55. The molecule has 0 saturated carbocycles. The Kier molecular flexibility index (Phi) is 4.53. The summed E-state index contributed by atoms with van der Waals surface area (Å²) in [6.07, 6.45) is 1.92. The lowest BCUT2D eigenvalue weighted by molar-refractivity contribution is 0.881. The molecule has 0 aliphatic heterocycles. The van der Waals surface area contributed by atoms with E-state index in [-0.39, 0.29) is 6.04 Å². The van der Waals surface area contributed by atoms with Crippen molar-refractivity contribution in [2.45, 2.75) is 13.0 Å². The summed E-state index contributed by atoms with van der Waals surface area (Å²) >= 11 is 0. The summed E-state index contributed by atoms with van der Waals surface area (Å²) in [7, 11) is 0. The second kappa shape index (κ2) is 6.93. The van der Waals surface area contributed by atoms with Gasteiger partial charge in [0, 0.05) is 17.5 Å². The number of nitrogens with two attached hydrogens (primary N) is 1. The quantitative estimate of drug-likeness (QED) is 0.546. The molecule has 0 aliphatic rings. The molecule has 3 aromatic carbocycles. The Morgan fingerprint density at radius 1 is 0.826 bits per heavy atom. The molecule has 0 aliphatic carbocycles. The van der Waals surface area contributed by atoms with E-state index in [0.717, 1.165) is 22.4 Å². The van der Waals surface area contributed by atoms with Crippen LogP contribution >= 0.6 is 0 Å². The third-order valence-corrected chi connectivity index (χ3v) is 3.86. The monoisotopic (exact) mass is 300 g/mol. The first-order valence-corrected chi connectivity index (χ1v) is 7.73. The molecule has 23 heavy (non-hydrogen) atoms. The van der Waals surface area contributed by atoms with E-state index in [2.05, 4.69) is 43.3 Å². The topological polar surface area (TPSA) is 38.4 Å². The molecule has 2 N–H and O–H groups in total. The van der Waals surface area contributed by atoms with Crippen molar-refractivity contribution in [2.75, 3.05) is 5.73 Å². The summed E-state index contributed by atoms with van der Waals surface area (Å²) in [5.74, 6) is 0. The van der Waals surface area contributed by atoms with E-state index in [0.29, 0.717) is 0 Å². The number of nitrogens with zero attached hydrogens (tertiary/aromatic N) is 1. The highest BCUT2D eigenvalue weighted by Gasteiger charge is 2.14. The standard InChI is InChI=1S/C21H20N2/c1-16-11-13-17(14-12-16)15-23-21(18-7-3-2-4-8-18)19-9-5-6-10-20(19)22/h2-15,21H,22H2,1H3. The number of benzene rings is 3. The molecule has 0 aromatic heterocycles. The zero-order valence-electron chi connectivity index (χ0n) is 13.2. The predicted octanol–water partition coefficient (Wildman–Crippen LogP) is 4.79. The van der Waals surface area contributed by atoms with Gasteiger partial charge in [-0.1, -0.05) is 78.4 Å². The fraction of sp³-hybridized carbons (Fsp3) is 0.0952. The van der Waals surface area contributed by atoms with Crippen molar-refractivity contribution in [3.05, 3.63) is 101 Å². The van der Waals surface area contributed by atoms with Crippen LogP contribution in [-0.2, 0) is 0 Å². The summed E-state index contributed by atoms with van der Waals surface area (Å²) in [5.41, 5.74) is 11.4. The average molecular weight is 300 g/mol. The zero-order chi connectivity index (χ0) is 16.1. The fourth-order valence-corrected chi connectivity index (χ4v) is 2.55. The van der Waals surface area contributed by atoms with Crippen LogP contribution in [0.4, 0.5) is 5.69 Å². The molecular formula is C21H20N2. The molecule has 0 amide bonds. The van der Waals surface area contributed by atoms with Gasteiger partial charge in [-0.2, -0.15) is 0 Å². The van der Waals surface area contributed by atoms with Crippen LogP contribution in [-0.4, -0.2) is 6.21 Å². The van der Waals surface area contributed by atoms with E-state index in [1.54, 1.807) is 0 Å².